The maximum Gasteiger partial charge on any atom is 0.410 e. The number of ether oxygens (including phenoxy) is 3. The number of hydrogen-bond acceptors (Lipinski definition) is 5. The molecule has 7 nitrogen and oxygen atoms in total. The first kappa shape index (κ1) is 20.9. The number of benzene rings is 1. The van der Waals surface area contributed by atoms with Crippen LogP contribution >= 0.6 is 0 Å². The van der Waals surface area contributed by atoms with Crippen molar-refractivity contribution >= 4 is 12.1 Å². The van der Waals surface area contributed by atoms with Crippen LogP contribution in [0.15, 0.2) is 18.2 Å². The zero-order valence-electron chi connectivity index (χ0n) is 16.7. The quantitative estimate of drug-likeness (QED) is 0.778. The third-order valence-electron chi connectivity index (χ3n) is 4.58. The van der Waals surface area contributed by atoms with Gasteiger partial charge in [-0.2, -0.15) is 0 Å². The van der Waals surface area contributed by atoms with Gasteiger partial charge in [0.1, 0.15) is 17.1 Å². The second kappa shape index (κ2) is 8.50. The average Bonchev–Trinajstić information content (AvgIpc) is 2.54. The van der Waals surface area contributed by atoms with Crippen LogP contribution in [-0.4, -0.2) is 47.9 Å². The lowest BCUT2D eigenvalue weighted by Crippen LogP contribution is -2.49. The number of carbonyl (C=O) groups excluding carboxylic acids is 1. The zero-order valence-corrected chi connectivity index (χ0v) is 16.7. The number of hydrogen-bond donors (Lipinski definition) is 1. The molecule has 0 bridgehead atoms. The molecule has 1 N–H and O–H groups in total. The first-order valence-electron chi connectivity index (χ1n) is 9.05. The second-order valence-corrected chi connectivity index (χ2v) is 7.88. The number of carboxylic acid groups (broad SMARTS) is 1. The predicted octanol–water partition coefficient (Wildman–Crippen LogP) is 3.69. The summed E-state index contributed by atoms with van der Waals surface area (Å²) in [6.45, 7) is 5.80. The first-order valence-corrected chi connectivity index (χ1v) is 9.05. The van der Waals surface area contributed by atoms with Crippen LogP contribution in [0.1, 0.15) is 45.6 Å². The molecule has 0 spiro atoms. The third-order valence-corrected chi connectivity index (χ3v) is 4.58. The summed E-state index contributed by atoms with van der Waals surface area (Å²) >= 11 is 0. The molecule has 27 heavy (non-hydrogen) atoms. The summed E-state index contributed by atoms with van der Waals surface area (Å²) in [5, 5.41) is 8.96. The van der Waals surface area contributed by atoms with E-state index in [1.807, 2.05) is 32.9 Å². The van der Waals surface area contributed by atoms with Gasteiger partial charge in [-0.15, -0.1) is 0 Å². The van der Waals surface area contributed by atoms with E-state index in [9.17, 15) is 9.59 Å². The molecule has 2 rings (SSSR count). The minimum Gasteiger partial charge on any atom is -0.497 e. The van der Waals surface area contributed by atoms with Crippen molar-refractivity contribution in [3.8, 4) is 11.5 Å². The molecule has 1 aliphatic carbocycles. The van der Waals surface area contributed by atoms with Crippen molar-refractivity contribution in [3.63, 3.8) is 0 Å². The summed E-state index contributed by atoms with van der Waals surface area (Å²) in [4.78, 5) is 25.3. The number of amides is 1. The fourth-order valence-electron chi connectivity index (χ4n) is 3.20. The van der Waals surface area contributed by atoms with E-state index in [-0.39, 0.29) is 18.4 Å². The van der Waals surface area contributed by atoms with Gasteiger partial charge in [0.25, 0.3) is 0 Å². The van der Waals surface area contributed by atoms with E-state index in [1.165, 1.54) is 0 Å². The molecule has 1 aromatic rings. The fraction of sp³-hybridized carbons (Fsp3) is 0.600. The average molecular weight is 379 g/mol. The van der Waals surface area contributed by atoms with E-state index >= 15 is 0 Å². The maximum atomic E-state index is 12.8. The van der Waals surface area contributed by atoms with Gasteiger partial charge < -0.3 is 24.2 Å². The van der Waals surface area contributed by atoms with Gasteiger partial charge in [-0.05, 0) is 51.7 Å². The molecule has 1 fully saturated rings. The smallest absolute Gasteiger partial charge is 0.410 e. The zero-order chi connectivity index (χ0) is 20.2. The van der Waals surface area contributed by atoms with Crippen molar-refractivity contribution in [2.24, 2.45) is 5.92 Å². The van der Waals surface area contributed by atoms with E-state index in [0.717, 1.165) is 5.56 Å². The van der Waals surface area contributed by atoms with Crippen LogP contribution in [0, 0.1) is 5.92 Å². The minimum absolute atomic E-state index is 0.0454. The molecule has 7 heteroatoms. The Bertz CT molecular complexity index is 676. The Morgan fingerprint density at radius 1 is 1.19 bits per heavy atom. The number of methoxy groups -OCH3 is 2. The van der Waals surface area contributed by atoms with Crippen molar-refractivity contribution in [3.05, 3.63) is 23.8 Å². The lowest BCUT2D eigenvalue weighted by atomic mass is 9.77. The third kappa shape index (κ3) is 5.77. The number of nitrogens with zero attached hydrogens (tertiary/aromatic N) is 1. The van der Waals surface area contributed by atoms with Gasteiger partial charge in [0.05, 0.1) is 20.8 Å². The number of rotatable bonds is 7. The van der Waals surface area contributed by atoms with Crippen molar-refractivity contribution in [2.45, 2.75) is 58.2 Å². The lowest BCUT2D eigenvalue weighted by Gasteiger charge is -2.42. The molecule has 0 unspecified atom stereocenters. The number of aliphatic carboxylic acids is 1. The van der Waals surface area contributed by atoms with Crippen molar-refractivity contribution in [2.75, 3.05) is 14.2 Å². The molecule has 1 amide bonds. The Hall–Kier alpha value is -2.44. The standard InChI is InChI=1S/C20H29NO6/c1-20(2,3)27-19(24)21(15-8-13(9-15)10-18(22)23)12-14-6-7-16(25-4)11-17(14)26-5/h6-7,11,13,15H,8-10,12H2,1-5H3,(H,22,23). The van der Waals surface area contributed by atoms with E-state index in [4.69, 9.17) is 19.3 Å². The monoisotopic (exact) mass is 379 g/mol. The van der Waals surface area contributed by atoms with Crippen molar-refractivity contribution in [1.82, 2.24) is 4.90 Å². The van der Waals surface area contributed by atoms with Crippen LogP contribution in [0.4, 0.5) is 4.79 Å². The summed E-state index contributed by atoms with van der Waals surface area (Å²) in [6.07, 6.45) is 1.04. The Balaban J connectivity index is 2.18. The molecule has 0 radical (unpaired) electrons. The highest BCUT2D eigenvalue weighted by atomic mass is 16.6. The Kier molecular flexibility index (Phi) is 6.57. The molecule has 0 heterocycles. The van der Waals surface area contributed by atoms with Crippen molar-refractivity contribution < 1.29 is 28.9 Å². The van der Waals surface area contributed by atoms with Crippen LogP contribution in [0.3, 0.4) is 0 Å². The SMILES string of the molecule is COc1ccc(CN(C(=O)OC(C)(C)C)C2CC(CC(=O)O)C2)c(OC)c1. The van der Waals surface area contributed by atoms with Gasteiger partial charge in [0, 0.05) is 24.1 Å². The van der Waals surface area contributed by atoms with Crippen LogP contribution in [-0.2, 0) is 16.1 Å². The van der Waals surface area contributed by atoms with E-state index < -0.39 is 17.7 Å². The predicted molar refractivity (Wildman–Crippen MR) is 100 cm³/mol. The van der Waals surface area contributed by atoms with Crippen LogP contribution in [0.25, 0.3) is 0 Å². The van der Waals surface area contributed by atoms with E-state index in [0.29, 0.717) is 30.9 Å². The molecular formula is C20H29NO6. The Labute approximate surface area is 160 Å². The molecule has 150 valence electrons. The number of carbonyl (C=O) groups is 2. The molecule has 0 aliphatic heterocycles. The van der Waals surface area contributed by atoms with E-state index in [2.05, 4.69) is 0 Å². The molecular weight excluding hydrogens is 350 g/mol. The molecule has 0 atom stereocenters. The van der Waals surface area contributed by atoms with Gasteiger partial charge in [-0.3, -0.25) is 4.79 Å². The lowest BCUT2D eigenvalue weighted by molar-refractivity contribution is -0.139. The van der Waals surface area contributed by atoms with Gasteiger partial charge in [-0.1, -0.05) is 0 Å². The normalized spacial score (nSPS) is 19.0. The summed E-state index contributed by atoms with van der Waals surface area (Å²) in [7, 11) is 3.15. The van der Waals surface area contributed by atoms with Crippen LogP contribution in [0.2, 0.25) is 0 Å². The summed E-state index contributed by atoms with van der Waals surface area (Å²) in [5.41, 5.74) is 0.231. The van der Waals surface area contributed by atoms with Gasteiger partial charge in [-0.25, -0.2) is 4.79 Å². The van der Waals surface area contributed by atoms with Crippen molar-refractivity contribution in [1.29, 1.82) is 0 Å². The van der Waals surface area contributed by atoms with Gasteiger partial charge in [0.2, 0.25) is 0 Å². The molecule has 1 aliphatic rings. The van der Waals surface area contributed by atoms with E-state index in [1.54, 1.807) is 25.2 Å². The highest BCUT2D eigenvalue weighted by Crippen LogP contribution is 2.37. The fourth-order valence-corrected chi connectivity index (χ4v) is 3.20. The topological polar surface area (TPSA) is 85.3 Å². The highest BCUT2D eigenvalue weighted by Gasteiger charge is 2.39. The molecule has 1 aromatic carbocycles. The minimum atomic E-state index is -0.806. The first-order chi connectivity index (χ1) is 12.6. The molecule has 0 saturated heterocycles. The number of carboxylic acids is 1. The van der Waals surface area contributed by atoms with Gasteiger partial charge >= 0.3 is 12.1 Å². The molecule has 1 saturated carbocycles. The van der Waals surface area contributed by atoms with Crippen LogP contribution < -0.4 is 9.47 Å². The van der Waals surface area contributed by atoms with Crippen LogP contribution in [0.5, 0.6) is 11.5 Å². The molecule has 0 aromatic heterocycles. The highest BCUT2D eigenvalue weighted by molar-refractivity contribution is 5.69. The maximum absolute atomic E-state index is 12.8. The summed E-state index contributed by atoms with van der Waals surface area (Å²) in [5.74, 6) is 0.586. The Morgan fingerprint density at radius 2 is 1.85 bits per heavy atom. The second-order valence-electron chi connectivity index (χ2n) is 7.88. The summed E-state index contributed by atoms with van der Waals surface area (Å²) < 4.78 is 16.2. The summed E-state index contributed by atoms with van der Waals surface area (Å²) in [6, 6.07) is 5.41. The largest absolute Gasteiger partial charge is 0.497 e. The Morgan fingerprint density at radius 3 is 2.37 bits per heavy atom. The van der Waals surface area contributed by atoms with Gasteiger partial charge in [0.15, 0.2) is 0 Å².